The van der Waals surface area contributed by atoms with Crippen LogP contribution in [0.25, 0.3) is 27.3 Å². The molecule has 0 bridgehead atoms. The van der Waals surface area contributed by atoms with Crippen LogP contribution in [0.3, 0.4) is 0 Å². The third-order valence-corrected chi connectivity index (χ3v) is 6.47. The highest BCUT2D eigenvalue weighted by Crippen LogP contribution is 2.38. The number of nitrogens with one attached hydrogen (secondary N) is 1. The lowest BCUT2D eigenvalue weighted by Gasteiger charge is -2.02. The Bertz CT molecular complexity index is 1170. The molecule has 6 heteroatoms. The second-order valence-corrected chi connectivity index (χ2v) is 8.47. The van der Waals surface area contributed by atoms with Crippen molar-refractivity contribution >= 4 is 50.4 Å². The molecule has 1 saturated heterocycles. The van der Waals surface area contributed by atoms with E-state index in [0.717, 1.165) is 40.4 Å². The van der Waals surface area contributed by atoms with E-state index < -0.39 is 0 Å². The van der Waals surface area contributed by atoms with Gasteiger partial charge in [0, 0.05) is 21.6 Å². The fourth-order valence-corrected chi connectivity index (χ4v) is 5.11. The standard InChI is InChI=1S/C21H13NO3S2/c23-20-19(27-21(24)22-20)10-17-13(7-14-11-25-6-5-16(14)17)9-15-8-12-3-1-2-4-18(12)26-15/h1-8,10-11H,9H2,(H,22,23,24). The van der Waals surface area contributed by atoms with Gasteiger partial charge in [-0.3, -0.25) is 14.9 Å². The highest BCUT2D eigenvalue weighted by molar-refractivity contribution is 8.18. The summed E-state index contributed by atoms with van der Waals surface area (Å²) in [4.78, 5) is 25.2. The zero-order valence-electron chi connectivity index (χ0n) is 14.0. The van der Waals surface area contributed by atoms with Crippen molar-refractivity contribution < 1.29 is 14.0 Å². The molecule has 2 aromatic rings. The summed E-state index contributed by atoms with van der Waals surface area (Å²) in [6.45, 7) is 0. The molecule has 0 radical (unpaired) electrons. The normalized spacial score (nSPS) is 15.9. The van der Waals surface area contributed by atoms with Crippen molar-refractivity contribution in [1.29, 1.82) is 0 Å². The molecule has 4 nitrogen and oxygen atoms in total. The number of rotatable bonds is 3. The van der Waals surface area contributed by atoms with Crippen LogP contribution in [0, 0.1) is 0 Å². The van der Waals surface area contributed by atoms with Crippen molar-refractivity contribution in [2.75, 3.05) is 0 Å². The summed E-state index contributed by atoms with van der Waals surface area (Å²) in [5.74, 6) is -0.340. The number of thiophene rings is 1. The first-order valence-electron chi connectivity index (χ1n) is 8.37. The quantitative estimate of drug-likeness (QED) is 0.468. The Labute approximate surface area is 163 Å². The third-order valence-electron chi connectivity index (χ3n) is 4.54. The van der Waals surface area contributed by atoms with Gasteiger partial charge >= 0.3 is 0 Å². The van der Waals surface area contributed by atoms with E-state index in [9.17, 15) is 9.59 Å². The number of benzene rings is 1. The maximum absolute atomic E-state index is 12.0. The Balaban J connectivity index is 1.61. The predicted octanol–water partition coefficient (Wildman–Crippen LogP) is 5.51. The van der Waals surface area contributed by atoms with Gasteiger partial charge in [-0.2, -0.15) is 0 Å². The summed E-state index contributed by atoms with van der Waals surface area (Å²) >= 11 is 2.71. The summed E-state index contributed by atoms with van der Waals surface area (Å²) in [7, 11) is 0. The van der Waals surface area contributed by atoms with Gasteiger partial charge in [0.1, 0.15) is 0 Å². The van der Waals surface area contributed by atoms with Gasteiger partial charge in [0.15, 0.2) is 0 Å². The fourth-order valence-electron chi connectivity index (χ4n) is 3.36. The van der Waals surface area contributed by atoms with Crippen LogP contribution in [0.1, 0.15) is 16.0 Å². The van der Waals surface area contributed by atoms with Gasteiger partial charge in [-0.05, 0) is 64.2 Å². The largest absolute Gasteiger partial charge is 0.472 e. The van der Waals surface area contributed by atoms with Gasteiger partial charge < -0.3 is 4.42 Å². The van der Waals surface area contributed by atoms with Crippen molar-refractivity contribution in [1.82, 2.24) is 5.32 Å². The Kier molecular flexibility index (Phi) is 3.88. The zero-order valence-corrected chi connectivity index (χ0v) is 15.7. The SMILES string of the molecule is O=C1NC(=O)C(=Cc2c(Cc3cc4ccccc4s3)cc3coccc2-3)S1. The van der Waals surface area contributed by atoms with Gasteiger partial charge in [-0.15, -0.1) is 11.3 Å². The van der Waals surface area contributed by atoms with E-state index in [1.807, 2.05) is 24.3 Å². The molecule has 0 spiro atoms. The number of carbonyl (C=O) groups excluding carboxylic acids is 2. The second kappa shape index (κ2) is 6.40. The molecule has 1 aromatic heterocycles. The summed E-state index contributed by atoms with van der Waals surface area (Å²) < 4.78 is 6.57. The van der Waals surface area contributed by atoms with E-state index in [4.69, 9.17) is 4.42 Å². The molecular weight excluding hydrogens is 378 g/mol. The summed E-state index contributed by atoms with van der Waals surface area (Å²) in [6, 6.07) is 14.5. The highest BCUT2D eigenvalue weighted by atomic mass is 32.2. The molecule has 1 fully saturated rings. The maximum atomic E-state index is 12.0. The highest BCUT2D eigenvalue weighted by Gasteiger charge is 2.26. The average molecular weight is 391 g/mol. The molecule has 0 atom stereocenters. The van der Waals surface area contributed by atoms with Crippen molar-refractivity contribution in [3.63, 3.8) is 0 Å². The molecule has 132 valence electrons. The topological polar surface area (TPSA) is 59.3 Å². The first-order chi connectivity index (χ1) is 13.2. The van der Waals surface area contributed by atoms with E-state index in [1.165, 1.54) is 15.0 Å². The minimum absolute atomic E-state index is 0.330. The first kappa shape index (κ1) is 16.4. The van der Waals surface area contributed by atoms with Crippen molar-refractivity contribution in [2.45, 2.75) is 6.42 Å². The molecule has 2 aliphatic heterocycles. The molecule has 1 aromatic carbocycles. The summed E-state index contributed by atoms with van der Waals surface area (Å²) in [6.07, 6.45) is 5.91. The number of imide groups is 1. The molecular formula is C21H13NO3S2. The minimum atomic E-state index is -0.340. The van der Waals surface area contributed by atoms with E-state index in [1.54, 1.807) is 23.9 Å². The molecule has 5 rings (SSSR count). The number of amides is 2. The molecule has 3 heterocycles. The smallest absolute Gasteiger partial charge is 0.290 e. The van der Waals surface area contributed by atoms with Crippen molar-refractivity contribution in [3.05, 3.63) is 75.9 Å². The van der Waals surface area contributed by atoms with E-state index in [-0.39, 0.29) is 11.1 Å². The van der Waals surface area contributed by atoms with Crippen LogP contribution in [0.15, 0.2) is 64.3 Å². The van der Waals surface area contributed by atoms with Crippen molar-refractivity contribution in [3.8, 4) is 11.1 Å². The predicted molar refractivity (Wildman–Crippen MR) is 109 cm³/mol. The van der Waals surface area contributed by atoms with Crippen LogP contribution in [-0.2, 0) is 11.2 Å². The molecule has 0 unspecified atom stereocenters. The third kappa shape index (κ3) is 2.97. The first-order valence-corrected chi connectivity index (χ1v) is 10.0. The molecule has 3 aliphatic rings. The second-order valence-electron chi connectivity index (χ2n) is 6.29. The van der Waals surface area contributed by atoms with Gasteiger partial charge in [-0.1, -0.05) is 18.2 Å². The van der Waals surface area contributed by atoms with Crippen LogP contribution in [0.2, 0.25) is 0 Å². The summed E-state index contributed by atoms with van der Waals surface area (Å²) in [5.41, 5.74) is 4.07. The lowest BCUT2D eigenvalue weighted by atomic mass is 10.1. The van der Waals surface area contributed by atoms with Crippen LogP contribution in [0.5, 0.6) is 0 Å². The number of carbonyl (C=O) groups is 2. The molecule has 0 saturated carbocycles. The van der Waals surface area contributed by atoms with Crippen LogP contribution < -0.4 is 5.32 Å². The molecule has 1 N–H and O–H groups in total. The average Bonchev–Trinajstić information content (AvgIpc) is 3.31. The monoisotopic (exact) mass is 391 g/mol. The Morgan fingerprint density at radius 2 is 2.00 bits per heavy atom. The van der Waals surface area contributed by atoms with Gasteiger partial charge in [-0.25, -0.2) is 0 Å². The lowest BCUT2D eigenvalue weighted by molar-refractivity contribution is -0.115. The Morgan fingerprint density at radius 1 is 1.11 bits per heavy atom. The van der Waals surface area contributed by atoms with Gasteiger partial charge in [0.2, 0.25) is 0 Å². The minimum Gasteiger partial charge on any atom is -0.472 e. The van der Waals surface area contributed by atoms with Crippen LogP contribution in [-0.4, -0.2) is 11.1 Å². The number of fused-ring (bicyclic) bond motifs is 2. The van der Waals surface area contributed by atoms with Crippen LogP contribution >= 0.6 is 23.1 Å². The summed E-state index contributed by atoms with van der Waals surface area (Å²) in [5, 5.41) is 3.22. The number of hydrogen-bond acceptors (Lipinski definition) is 5. The van der Waals surface area contributed by atoms with Crippen molar-refractivity contribution in [2.24, 2.45) is 0 Å². The molecule has 1 aliphatic carbocycles. The maximum Gasteiger partial charge on any atom is 0.290 e. The molecule has 27 heavy (non-hydrogen) atoms. The Hall–Kier alpha value is -2.83. The van der Waals surface area contributed by atoms with Gasteiger partial charge in [0.05, 0.1) is 17.4 Å². The van der Waals surface area contributed by atoms with Gasteiger partial charge in [0.25, 0.3) is 11.1 Å². The molecule has 2 amide bonds. The zero-order chi connectivity index (χ0) is 18.4. The van der Waals surface area contributed by atoms with Crippen LogP contribution in [0.4, 0.5) is 4.79 Å². The Morgan fingerprint density at radius 3 is 2.81 bits per heavy atom. The lowest BCUT2D eigenvalue weighted by Crippen LogP contribution is -2.17. The fraction of sp³-hybridized carbons (Fsp3) is 0.0476. The van der Waals surface area contributed by atoms with E-state index in [2.05, 4.69) is 29.6 Å². The number of hydrogen-bond donors (Lipinski definition) is 1. The van der Waals surface area contributed by atoms with E-state index >= 15 is 0 Å². The number of thioether (sulfide) groups is 1. The van der Waals surface area contributed by atoms with E-state index in [0.29, 0.717) is 4.91 Å².